The van der Waals surface area contributed by atoms with Gasteiger partial charge in [-0.1, -0.05) is 78.5 Å². The van der Waals surface area contributed by atoms with Crippen molar-refractivity contribution in [3.8, 4) is 5.88 Å². The second-order valence-corrected chi connectivity index (χ2v) is 21.4. The topological polar surface area (TPSA) is 110 Å². The molecule has 3 aromatic rings. The number of ether oxygens (including phenoxy) is 2. The minimum absolute atomic E-state index is 0.0140. The lowest BCUT2D eigenvalue weighted by molar-refractivity contribution is 0.00573. The Balaban J connectivity index is 1.93. The van der Waals surface area contributed by atoms with Crippen LogP contribution in [0, 0.1) is 22.7 Å². The van der Waals surface area contributed by atoms with Crippen LogP contribution < -0.4 is 10.1 Å². The highest BCUT2D eigenvalue weighted by Gasteiger charge is 2.58. The average molecular weight is 696 g/mol. The van der Waals surface area contributed by atoms with Crippen LogP contribution in [0.4, 0.5) is 10.7 Å². The maximum absolute atomic E-state index is 12.9. The third-order valence-corrected chi connectivity index (χ3v) is 10.3. The van der Waals surface area contributed by atoms with Gasteiger partial charge in [0.15, 0.2) is 35.0 Å². The molecule has 1 saturated carbocycles. The molecule has 0 radical (unpaired) electrons. The fraction of sp³-hybridized carbons (Fsp3) is 0.611. The van der Waals surface area contributed by atoms with Gasteiger partial charge in [-0.3, -0.25) is 9.88 Å². The number of hydrogen-bond acceptors (Lipinski definition) is 8. The summed E-state index contributed by atoms with van der Waals surface area (Å²) in [5.74, 6) is 0.495. The molecule has 1 aromatic carbocycles. The van der Waals surface area contributed by atoms with E-state index in [1.807, 2.05) is 34.9 Å². The first-order valence-corrected chi connectivity index (χ1v) is 22.6. The summed E-state index contributed by atoms with van der Waals surface area (Å²) in [6, 6.07) is 9.84. The smallest absolute Gasteiger partial charge is 0.414 e. The number of imidazole rings is 1. The van der Waals surface area contributed by atoms with Crippen LogP contribution in [0.3, 0.4) is 0 Å². The Morgan fingerprint density at radius 1 is 1.02 bits per heavy atom. The molecule has 1 aliphatic carbocycles. The molecule has 2 aromatic heterocycles. The van der Waals surface area contributed by atoms with E-state index >= 15 is 0 Å². The zero-order valence-electron chi connectivity index (χ0n) is 31.3. The highest BCUT2D eigenvalue weighted by atomic mass is 28.3. The first kappa shape index (κ1) is 37.7. The number of rotatable bonds is 10. The molecule has 0 aliphatic heterocycles. The summed E-state index contributed by atoms with van der Waals surface area (Å²) in [5, 5.41) is 2.73. The van der Waals surface area contributed by atoms with Crippen molar-refractivity contribution in [2.45, 2.75) is 119 Å². The Labute approximate surface area is 290 Å². The number of nitrogens with one attached hydrogen (secondary N) is 1. The van der Waals surface area contributed by atoms with Gasteiger partial charge in [-0.15, -0.1) is 0 Å². The van der Waals surface area contributed by atoms with Gasteiger partial charge < -0.3 is 18.3 Å². The van der Waals surface area contributed by atoms with Crippen molar-refractivity contribution >= 4 is 41.3 Å². The molecule has 2 heterocycles. The van der Waals surface area contributed by atoms with Crippen LogP contribution in [0.2, 0.25) is 26.2 Å². The van der Waals surface area contributed by atoms with Gasteiger partial charge in [-0.2, -0.15) is 9.97 Å². The van der Waals surface area contributed by atoms with E-state index in [1.165, 1.54) is 0 Å². The third-order valence-electron chi connectivity index (χ3n) is 8.56. The Kier molecular flexibility index (Phi) is 11.0. The normalized spacial score (nSPS) is 21.3. The molecule has 1 fully saturated rings. The first-order valence-electron chi connectivity index (χ1n) is 17.1. The van der Waals surface area contributed by atoms with Crippen LogP contribution in [0.5, 0.6) is 5.88 Å². The number of nitrogens with zero attached hydrogens (tertiary/aromatic N) is 4. The van der Waals surface area contributed by atoms with Gasteiger partial charge in [-0.25, -0.2) is 9.78 Å². The van der Waals surface area contributed by atoms with Gasteiger partial charge >= 0.3 is 6.09 Å². The molecule has 1 unspecified atom stereocenters. The summed E-state index contributed by atoms with van der Waals surface area (Å²) in [6.07, 6.45) is 1.72. The van der Waals surface area contributed by atoms with Crippen LogP contribution in [0.15, 0.2) is 48.8 Å². The molecular weight excluding hydrogens is 639 g/mol. The summed E-state index contributed by atoms with van der Waals surface area (Å²) >= 11 is 0. The van der Waals surface area contributed by atoms with E-state index in [9.17, 15) is 4.79 Å². The van der Waals surface area contributed by atoms with E-state index in [0.717, 1.165) is 11.1 Å². The summed E-state index contributed by atoms with van der Waals surface area (Å²) < 4.78 is 27.9. The predicted molar refractivity (Wildman–Crippen MR) is 197 cm³/mol. The summed E-state index contributed by atoms with van der Waals surface area (Å²) in [6.45, 7) is 33.0. The second-order valence-electron chi connectivity index (χ2n) is 16.7. The van der Waals surface area contributed by atoms with Gasteiger partial charge in [0.1, 0.15) is 12.2 Å². The fourth-order valence-electron chi connectivity index (χ4n) is 6.66. The van der Waals surface area contributed by atoms with Crippen molar-refractivity contribution in [3.05, 3.63) is 54.4 Å². The van der Waals surface area contributed by atoms with Gasteiger partial charge in [0.2, 0.25) is 11.8 Å². The average Bonchev–Trinajstić information content (AvgIpc) is 3.48. The Bertz CT molecular complexity index is 1590. The van der Waals surface area contributed by atoms with Crippen LogP contribution in [-0.2, 0) is 25.9 Å². The molecule has 48 heavy (non-hydrogen) atoms. The van der Waals surface area contributed by atoms with Gasteiger partial charge in [0.25, 0.3) is 0 Å². The van der Waals surface area contributed by atoms with Crippen molar-refractivity contribution in [1.29, 1.82) is 0 Å². The van der Waals surface area contributed by atoms with Crippen LogP contribution in [-0.4, -0.2) is 55.4 Å². The molecule has 1 amide bonds. The van der Waals surface area contributed by atoms with Crippen LogP contribution >= 0.6 is 0 Å². The molecule has 4 atom stereocenters. The van der Waals surface area contributed by atoms with E-state index in [2.05, 4.69) is 78.0 Å². The van der Waals surface area contributed by atoms with E-state index in [-0.39, 0.29) is 47.2 Å². The Hall–Kier alpha value is -3.07. The number of benzene rings is 1. The quantitative estimate of drug-likeness (QED) is 0.168. The minimum Gasteiger partial charge on any atom is -0.471 e. The maximum atomic E-state index is 12.9. The highest BCUT2D eigenvalue weighted by molar-refractivity contribution is 6.48. The summed E-state index contributed by atoms with van der Waals surface area (Å²) in [7, 11) is -3.12. The zero-order valence-corrected chi connectivity index (χ0v) is 33.6. The molecule has 1 aliphatic rings. The van der Waals surface area contributed by atoms with Crippen LogP contribution in [0.1, 0.15) is 74.3 Å². The fourth-order valence-corrected chi connectivity index (χ4v) is 8.96. The highest BCUT2D eigenvalue weighted by Crippen LogP contribution is 2.58. The van der Waals surface area contributed by atoms with Gasteiger partial charge in [-0.05, 0) is 74.8 Å². The monoisotopic (exact) mass is 695 g/mol. The van der Waals surface area contributed by atoms with Crippen molar-refractivity contribution in [2.75, 3.05) is 5.32 Å². The molecule has 0 bridgehead atoms. The largest absolute Gasteiger partial charge is 0.471 e. The van der Waals surface area contributed by atoms with Crippen molar-refractivity contribution in [1.82, 2.24) is 19.5 Å². The minimum atomic E-state index is -1.70. The Morgan fingerprint density at radius 2 is 1.67 bits per heavy atom. The Morgan fingerprint density at radius 3 is 2.21 bits per heavy atom. The number of aromatic nitrogens is 4. The van der Waals surface area contributed by atoms with E-state index in [4.69, 9.17) is 34.9 Å². The number of carbonyl (C=O) groups excluding carboxylic acids is 1. The lowest BCUT2D eigenvalue weighted by Crippen LogP contribution is -2.45. The summed E-state index contributed by atoms with van der Waals surface area (Å²) in [4.78, 5) is 27.2. The second kappa shape index (κ2) is 14.0. The van der Waals surface area contributed by atoms with E-state index in [0.29, 0.717) is 17.6 Å². The lowest BCUT2D eigenvalue weighted by atomic mass is 9.68. The van der Waals surface area contributed by atoms with Gasteiger partial charge in [0.05, 0.1) is 12.4 Å². The number of fused-ring (bicyclic) bond motifs is 1. The van der Waals surface area contributed by atoms with Crippen molar-refractivity contribution in [3.63, 3.8) is 0 Å². The molecule has 10 nitrogen and oxygen atoms in total. The van der Waals surface area contributed by atoms with Crippen LogP contribution in [0.25, 0.3) is 11.2 Å². The van der Waals surface area contributed by atoms with Gasteiger partial charge in [0, 0.05) is 12.3 Å². The third kappa shape index (κ3) is 8.56. The molecule has 1 N–H and O–H groups in total. The first-order chi connectivity index (χ1) is 22.1. The lowest BCUT2D eigenvalue weighted by Gasteiger charge is -2.43. The zero-order chi connectivity index (χ0) is 35.8. The number of carbonyl (C=O) groups is 1. The maximum Gasteiger partial charge on any atom is 0.414 e. The summed E-state index contributed by atoms with van der Waals surface area (Å²) in [5.41, 5.74) is 1.01. The molecular formula is C36H57N5O5Si2. The number of hydrogen-bond donors (Lipinski definition) is 1. The van der Waals surface area contributed by atoms with Crippen molar-refractivity contribution in [2.24, 2.45) is 22.7 Å². The molecule has 0 saturated heterocycles. The van der Waals surface area contributed by atoms with Crippen molar-refractivity contribution < 1.29 is 23.1 Å². The number of anilines is 1. The van der Waals surface area contributed by atoms with E-state index < -0.39 is 35.5 Å². The molecule has 264 valence electrons. The van der Waals surface area contributed by atoms with E-state index in [1.54, 1.807) is 27.1 Å². The molecule has 0 spiro atoms. The number of amides is 1. The predicted octanol–water partition coefficient (Wildman–Crippen LogP) is 8.06. The standard InChI is InChI=1S/C36H57N5O5Si2/c1-23-26(28(34(5,6)7)45-47(11)12)25(33(2,3)4)20-36(23,46-48(13)14)41-22-37-27-29(41)38-31(40-32(42)44-35(8,9)10)39-30(27)43-21-24-18-16-15-17-19-24/h15-19,22,25-26,28,47-48H,1,20-21H2,2-14H3,(H,38,39,40,42)/t25-,26-,28?,36-/m0/s1. The molecule has 12 heteroatoms. The molecule has 4 rings (SSSR count). The SMILES string of the molecule is C=C1[C@H](C(O[SiH](C)C)C(C)(C)C)[C@@H](C(C)(C)C)C[C@@]1(O[SiH](C)C)n1cnc2c(OCc3ccccc3)nc(NC(=O)OC(C)(C)C)nc21.